The van der Waals surface area contributed by atoms with Gasteiger partial charge in [-0.05, 0) is 11.6 Å². The van der Waals surface area contributed by atoms with Gasteiger partial charge in [-0.3, -0.25) is 4.79 Å². The van der Waals surface area contributed by atoms with Gasteiger partial charge in [-0.25, -0.2) is 4.68 Å². The number of carbonyl (C=O) groups is 1. The zero-order chi connectivity index (χ0) is 15.0. The first-order valence-corrected chi connectivity index (χ1v) is 6.69. The molecule has 2 heterocycles. The first-order valence-electron chi connectivity index (χ1n) is 6.31. The fourth-order valence-corrected chi connectivity index (χ4v) is 2.77. The van der Waals surface area contributed by atoms with Gasteiger partial charge in [0.15, 0.2) is 0 Å². The normalized spacial score (nSPS) is 20.6. The first kappa shape index (κ1) is 13.6. The molecular weight excluding hydrogens is 292 g/mol. The third kappa shape index (κ3) is 2.17. The number of ether oxygens (including phenoxy) is 1. The Morgan fingerprint density at radius 2 is 2.24 bits per heavy atom. The molecule has 0 saturated carbocycles. The van der Waals surface area contributed by atoms with Gasteiger partial charge in [0.25, 0.3) is 0 Å². The Kier molecular flexibility index (Phi) is 3.39. The molecular formula is C14H13ClN4O2. The van der Waals surface area contributed by atoms with Gasteiger partial charge in [0.05, 0.1) is 7.11 Å². The Balaban J connectivity index is 2.19. The molecule has 0 saturated heterocycles. The van der Waals surface area contributed by atoms with E-state index in [2.05, 4.69) is 22.0 Å². The van der Waals surface area contributed by atoms with Crippen molar-refractivity contribution in [3.8, 4) is 0 Å². The number of anilines is 1. The maximum atomic E-state index is 12.2. The summed E-state index contributed by atoms with van der Waals surface area (Å²) in [6.07, 6.45) is 1.42. The summed E-state index contributed by atoms with van der Waals surface area (Å²) >= 11 is 6.29. The van der Waals surface area contributed by atoms with Crippen LogP contribution in [0.1, 0.15) is 11.6 Å². The summed E-state index contributed by atoms with van der Waals surface area (Å²) in [6.45, 7) is 3.91. The molecule has 0 spiro atoms. The monoisotopic (exact) mass is 304 g/mol. The highest BCUT2D eigenvalue weighted by Gasteiger charge is 2.40. The molecule has 0 radical (unpaired) electrons. The fourth-order valence-electron chi connectivity index (χ4n) is 2.52. The molecule has 7 heteroatoms. The maximum absolute atomic E-state index is 12.2. The van der Waals surface area contributed by atoms with Crippen LogP contribution in [0.3, 0.4) is 0 Å². The summed E-state index contributed by atoms with van der Waals surface area (Å²) in [5, 5.41) is 7.72. The molecule has 1 aliphatic rings. The Bertz CT molecular complexity index is 713. The van der Waals surface area contributed by atoms with E-state index >= 15 is 0 Å². The van der Waals surface area contributed by atoms with Crippen molar-refractivity contribution in [1.82, 2.24) is 14.8 Å². The van der Waals surface area contributed by atoms with E-state index in [4.69, 9.17) is 16.3 Å². The molecule has 0 aliphatic carbocycles. The maximum Gasteiger partial charge on any atom is 0.317 e. The van der Waals surface area contributed by atoms with Crippen molar-refractivity contribution in [3.63, 3.8) is 0 Å². The number of hydrogen-bond donors (Lipinski definition) is 1. The van der Waals surface area contributed by atoms with E-state index in [1.54, 1.807) is 10.7 Å². The molecule has 1 aliphatic heterocycles. The summed E-state index contributed by atoms with van der Waals surface area (Å²) in [5.41, 5.74) is 1.27. The zero-order valence-electron chi connectivity index (χ0n) is 11.3. The number of halogens is 1. The van der Waals surface area contributed by atoms with Crippen LogP contribution in [-0.4, -0.2) is 27.8 Å². The van der Waals surface area contributed by atoms with Crippen LogP contribution in [0.4, 0.5) is 5.95 Å². The lowest BCUT2D eigenvalue weighted by Gasteiger charge is -2.33. The van der Waals surface area contributed by atoms with Crippen molar-refractivity contribution in [1.29, 1.82) is 0 Å². The van der Waals surface area contributed by atoms with Gasteiger partial charge in [-0.15, -0.1) is 0 Å². The lowest BCUT2D eigenvalue weighted by molar-refractivity contribution is -0.145. The minimum atomic E-state index is -0.635. The fraction of sp³-hybridized carbons (Fsp3) is 0.214. The van der Waals surface area contributed by atoms with E-state index < -0.39 is 17.9 Å². The molecule has 21 heavy (non-hydrogen) atoms. The first-order chi connectivity index (χ1) is 10.1. The predicted molar refractivity (Wildman–Crippen MR) is 77.9 cm³/mol. The lowest BCUT2D eigenvalue weighted by Crippen LogP contribution is -2.37. The van der Waals surface area contributed by atoms with Crippen molar-refractivity contribution in [3.05, 3.63) is 53.5 Å². The molecule has 6 nitrogen and oxygen atoms in total. The van der Waals surface area contributed by atoms with Gasteiger partial charge in [0, 0.05) is 10.7 Å². The Hall–Kier alpha value is -2.34. The van der Waals surface area contributed by atoms with Crippen LogP contribution < -0.4 is 5.32 Å². The largest absolute Gasteiger partial charge is 0.468 e. The molecule has 2 unspecified atom stereocenters. The second-order valence-electron chi connectivity index (χ2n) is 4.65. The van der Waals surface area contributed by atoms with E-state index in [0.717, 1.165) is 5.56 Å². The standard InChI is InChI=1S/C14H13ClN4O2/c1-8-11(13(20)21-2)12(9-5-3-4-6-10(9)15)19-14(18-8)16-7-17-19/h3-7,11-12H,1H2,2H3,(H,16,17,18). The van der Waals surface area contributed by atoms with Crippen LogP contribution in [0.5, 0.6) is 0 Å². The topological polar surface area (TPSA) is 69.0 Å². The van der Waals surface area contributed by atoms with Crippen LogP contribution >= 0.6 is 11.6 Å². The number of esters is 1. The van der Waals surface area contributed by atoms with Gasteiger partial charge in [-0.2, -0.15) is 10.1 Å². The summed E-state index contributed by atoms with van der Waals surface area (Å²) in [5.74, 6) is -0.521. The zero-order valence-corrected chi connectivity index (χ0v) is 12.0. The molecule has 0 fully saturated rings. The van der Waals surface area contributed by atoms with Gasteiger partial charge >= 0.3 is 5.97 Å². The molecule has 108 valence electrons. The molecule has 0 bridgehead atoms. The third-order valence-electron chi connectivity index (χ3n) is 3.48. The van der Waals surface area contributed by atoms with Crippen molar-refractivity contribution in [2.24, 2.45) is 5.92 Å². The van der Waals surface area contributed by atoms with Gasteiger partial charge in [0.1, 0.15) is 18.3 Å². The Labute approximate surface area is 126 Å². The molecule has 2 atom stereocenters. The van der Waals surface area contributed by atoms with E-state index in [-0.39, 0.29) is 0 Å². The van der Waals surface area contributed by atoms with Crippen LogP contribution in [0, 0.1) is 5.92 Å². The number of nitrogens with zero attached hydrogens (tertiary/aromatic N) is 3. The number of fused-ring (bicyclic) bond motifs is 1. The van der Waals surface area contributed by atoms with Crippen LogP contribution in [-0.2, 0) is 9.53 Å². The third-order valence-corrected chi connectivity index (χ3v) is 3.82. The minimum absolute atomic E-state index is 0.404. The predicted octanol–water partition coefficient (Wildman–Crippen LogP) is 2.25. The lowest BCUT2D eigenvalue weighted by atomic mass is 9.89. The number of rotatable bonds is 2. The van der Waals surface area contributed by atoms with Gasteiger partial charge < -0.3 is 10.1 Å². The van der Waals surface area contributed by atoms with Crippen molar-refractivity contribution < 1.29 is 9.53 Å². The average molecular weight is 305 g/mol. The Morgan fingerprint density at radius 1 is 1.48 bits per heavy atom. The van der Waals surface area contributed by atoms with E-state index in [1.165, 1.54) is 13.4 Å². The number of hydrogen-bond acceptors (Lipinski definition) is 5. The second kappa shape index (κ2) is 5.21. The second-order valence-corrected chi connectivity index (χ2v) is 5.05. The van der Waals surface area contributed by atoms with Gasteiger partial charge in [0.2, 0.25) is 5.95 Å². The highest BCUT2D eigenvalue weighted by Crippen LogP contribution is 2.39. The quantitative estimate of drug-likeness (QED) is 0.862. The number of methoxy groups -OCH3 is 1. The highest BCUT2D eigenvalue weighted by molar-refractivity contribution is 6.31. The smallest absolute Gasteiger partial charge is 0.317 e. The van der Waals surface area contributed by atoms with Crippen molar-refractivity contribution >= 4 is 23.5 Å². The summed E-state index contributed by atoms with van der Waals surface area (Å²) in [4.78, 5) is 16.3. The molecule has 1 aromatic heterocycles. The Morgan fingerprint density at radius 3 is 2.95 bits per heavy atom. The molecule has 1 N–H and O–H groups in total. The summed E-state index contributed by atoms with van der Waals surface area (Å²) in [7, 11) is 1.34. The van der Waals surface area contributed by atoms with Crippen molar-refractivity contribution in [2.45, 2.75) is 6.04 Å². The average Bonchev–Trinajstić information content (AvgIpc) is 2.93. The minimum Gasteiger partial charge on any atom is -0.468 e. The van der Waals surface area contributed by atoms with E-state index in [9.17, 15) is 4.79 Å². The van der Waals surface area contributed by atoms with E-state index in [0.29, 0.717) is 16.7 Å². The molecule has 1 aromatic carbocycles. The van der Waals surface area contributed by atoms with Crippen molar-refractivity contribution in [2.75, 3.05) is 12.4 Å². The SMILES string of the molecule is C=C1Nc2ncnn2C(c2ccccc2Cl)C1C(=O)OC. The van der Waals surface area contributed by atoms with Crippen LogP contribution in [0.15, 0.2) is 42.9 Å². The number of nitrogens with one attached hydrogen (secondary N) is 1. The number of aromatic nitrogens is 3. The van der Waals surface area contributed by atoms with Crippen LogP contribution in [0.2, 0.25) is 5.02 Å². The molecule has 3 rings (SSSR count). The highest BCUT2D eigenvalue weighted by atomic mass is 35.5. The number of carbonyl (C=O) groups excluding carboxylic acids is 1. The molecule has 0 amide bonds. The van der Waals surface area contributed by atoms with Crippen LogP contribution in [0.25, 0.3) is 0 Å². The van der Waals surface area contributed by atoms with E-state index in [1.807, 2.05) is 18.2 Å². The summed E-state index contributed by atoms with van der Waals surface area (Å²) < 4.78 is 6.52. The molecule has 2 aromatic rings. The number of benzene rings is 1. The van der Waals surface area contributed by atoms with Gasteiger partial charge in [-0.1, -0.05) is 36.4 Å². The summed E-state index contributed by atoms with van der Waals surface area (Å²) in [6, 6.07) is 6.87.